The second kappa shape index (κ2) is 5.99. The van der Waals surface area contributed by atoms with E-state index in [1.54, 1.807) is 6.07 Å². The molecule has 100 valence electrons. The summed E-state index contributed by atoms with van der Waals surface area (Å²) in [6, 6.07) is 4.11. The molecule has 1 amide bonds. The van der Waals surface area contributed by atoms with Gasteiger partial charge in [-0.25, -0.2) is 4.39 Å². The fraction of sp³-hybridized carbons (Fsp3) is 0.417. The molecule has 1 saturated carbocycles. The van der Waals surface area contributed by atoms with Gasteiger partial charge in [0.25, 0.3) is 5.91 Å². The summed E-state index contributed by atoms with van der Waals surface area (Å²) in [4.78, 5) is 11.8. The van der Waals surface area contributed by atoms with Crippen LogP contribution in [0.25, 0.3) is 0 Å². The van der Waals surface area contributed by atoms with E-state index in [9.17, 15) is 9.18 Å². The monoisotopic (exact) mass is 336 g/mol. The minimum atomic E-state index is -0.435. The molecule has 1 fully saturated rings. The van der Waals surface area contributed by atoms with Gasteiger partial charge in [0.15, 0.2) is 0 Å². The predicted molar refractivity (Wildman–Crippen MR) is 74.5 cm³/mol. The fourth-order valence-electron chi connectivity index (χ4n) is 1.85. The molecule has 0 heterocycles. The number of rotatable bonds is 3. The average molecular weight is 338 g/mol. The van der Waals surface area contributed by atoms with E-state index < -0.39 is 5.82 Å². The normalized spacial score (nSPS) is 16.4. The highest BCUT2D eigenvalue weighted by Crippen LogP contribution is 2.28. The molecule has 0 bridgehead atoms. The van der Waals surface area contributed by atoms with Crippen LogP contribution in [-0.4, -0.2) is 18.0 Å². The van der Waals surface area contributed by atoms with Crippen molar-refractivity contribution in [3.8, 4) is 0 Å². The van der Waals surface area contributed by atoms with E-state index >= 15 is 0 Å². The molecule has 6 heteroatoms. The summed E-state index contributed by atoms with van der Waals surface area (Å²) >= 11 is 3.15. The highest BCUT2D eigenvalue weighted by Gasteiger charge is 2.32. The van der Waals surface area contributed by atoms with Crippen molar-refractivity contribution in [2.75, 3.05) is 6.54 Å². The van der Waals surface area contributed by atoms with Crippen LogP contribution in [0, 0.1) is 5.82 Å². The zero-order valence-corrected chi connectivity index (χ0v) is 12.1. The lowest BCUT2D eigenvalue weighted by atomic mass is 9.78. The quantitative estimate of drug-likeness (QED) is 0.891. The minimum absolute atomic E-state index is 0. The first-order valence-electron chi connectivity index (χ1n) is 5.52. The van der Waals surface area contributed by atoms with Crippen molar-refractivity contribution in [3.63, 3.8) is 0 Å². The molecule has 1 aromatic carbocycles. The lowest BCUT2D eigenvalue weighted by Crippen LogP contribution is -2.54. The maximum atomic E-state index is 13.1. The van der Waals surface area contributed by atoms with Gasteiger partial charge >= 0.3 is 0 Å². The molecule has 0 saturated heterocycles. The third kappa shape index (κ3) is 3.67. The fourth-order valence-corrected chi connectivity index (χ4v) is 2.32. The summed E-state index contributed by atoms with van der Waals surface area (Å²) in [6.45, 7) is 0.444. The zero-order valence-electron chi connectivity index (χ0n) is 9.71. The van der Waals surface area contributed by atoms with Gasteiger partial charge in [-0.1, -0.05) is 15.9 Å². The number of halogens is 3. The van der Waals surface area contributed by atoms with E-state index in [1.807, 2.05) is 0 Å². The molecule has 18 heavy (non-hydrogen) atoms. The summed E-state index contributed by atoms with van der Waals surface area (Å²) in [6.07, 6.45) is 2.97. The third-order valence-electron chi connectivity index (χ3n) is 3.08. The number of amides is 1. The molecule has 3 N–H and O–H groups in total. The van der Waals surface area contributed by atoms with Gasteiger partial charge in [0.2, 0.25) is 0 Å². The third-order valence-corrected chi connectivity index (χ3v) is 3.53. The van der Waals surface area contributed by atoms with E-state index in [0.29, 0.717) is 16.6 Å². The van der Waals surface area contributed by atoms with Gasteiger partial charge in [-0.2, -0.15) is 0 Å². The first-order chi connectivity index (χ1) is 7.98. The van der Waals surface area contributed by atoms with Gasteiger partial charge in [0.1, 0.15) is 5.82 Å². The summed E-state index contributed by atoms with van der Waals surface area (Å²) in [5.41, 5.74) is 6.03. The topological polar surface area (TPSA) is 55.1 Å². The Morgan fingerprint density at radius 1 is 1.44 bits per heavy atom. The Kier molecular flexibility index (Phi) is 5.13. The van der Waals surface area contributed by atoms with Crippen LogP contribution >= 0.6 is 28.3 Å². The lowest BCUT2D eigenvalue weighted by Gasteiger charge is -2.38. The first-order valence-corrected chi connectivity index (χ1v) is 6.31. The molecule has 0 aliphatic heterocycles. The first kappa shape index (κ1) is 15.4. The Hall–Kier alpha value is -0.650. The second-order valence-electron chi connectivity index (χ2n) is 4.56. The standard InChI is InChI=1S/C12H14BrFN2O.ClH/c13-9-4-8(5-10(14)6-9)11(17)16-7-12(15)2-1-3-12;/h4-6H,1-3,7,15H2,(H,16,17);1H. The molecule has 0 aromatic heterocycles. The Balaban J connectivity index is 0.00000162. The van der Waals surface area contributed by atoms with E-state index in [1.165, 1.54) is 12.1 Å². The van der Waals surface area contributed by atoms with Crippen molar-refractivity contribution < 1.29 is 9.18 Å². The second-order valence-corrected chi connectivity index (χ2v) is 5.47. The largest absolute Gasteiger partial charge is 0.350 e. The van der Waals surface area contributed by atoms with Crippen LogP contribution in [0.1, 0.15) is 29.6 Å². The van der Waals surface area contributed by atoms with Crippen molar-refractivity contribution in [1.82, 2.24) is 5.32 Å². The Morgan fingerprint density at radius 2 is 2.11 bits per heavy atom. The van der Waals surface area contributed by atoms with Gasteiger partial charge in [-0.05, 0) is 37.5 Å². The molecule has 1 aliphatic carbocycles. The van der Waals surface area contributed by atoms with Crippen LogP contribution in [-0.2, 0) is 0 Å². The summed E-state index contributed by atoms with van der Waals surface area (Å²) < 4.78 is 13.7. The number of nitrogens with two attached hydrogens (primary N) is 1. The maximum Gasteiger partial charge on any atom is 0.251 e. The van der Waals surface area contributed by atoms with Crippen molar-refractivity contribution in [2.24, 2.45) is 5.73 Å². The average Bonchev–Trinajstić information content (AvgIpc) is 2.22. The van der Waals surface area contributed by atoms with Crippen molar-refractivity contribution >= 4 is 34.2 Å². The van der Waals surface area contributed by atoms with E-state index in [2.05, 4.69) is 21.2 Å². The molecular formula is C12H15BrClFN2O. The van der Waals surface area contributed by atoms with Gasteiger partial charge in [-0.15, -0.1) is 12.4 Å². The smallest absolute Gasteiger partial charge is 0.251 e. The lowest BCUT2D eigenvalue weighted by molar-refractivity contribution is 0.0929. The van der Waals surface area contributed by atoms with Crippen LogP contribution < -0.4 is 11.1 Å². The SMILES string of the molecule is Cl.NC1(CNC(=O)c2cc(F)cc(Br)c2)CCC1. The molecule has 3 nitrogen and oxygen atoms in total. The van der Waals surface area contributed by atoms with Crippen LogP contribution in [0.4, 0.5) is 4.39 Å². The Morgan fingerprint density at radius 3 is 2.61 bits per heavy atom. The van der Waals surface area contributed by atoms with E-state index in [4.69, 9.17) is 5.73 Å². The summed E-state index contributed by atoms with van der Waals surface area (Å²) in [5.74, 6) is -0.724. The van der Waals surface area contributed by atoms with Gasteiger partial charge in [0, 0.05) is 22.1 Å². The molecule has 1 aliphatic rings. The Bertz CT molecular complexity index is 431. The van der Waals surface area contributed by atoms with E-state index in [0.717, 1.165) is 19.3 Å². The number of hydrogen-bond donors (Lipinski definition) is 2. The molecule has 1 aromatic rings. The summed E-state index contributed by atoms with van der Waals surface area (Å²) in [7, 11) is 0. The maximum absolute atomic E-state index is 13.1. The van der Waals surface area contributed by atoms with Crippen LogP contribution in [0.3, 0.4) is 0 Å². The molecule has 0 spiro atoms. The molecule has 0 atom stereocenters. The predicted octanol–water partition coefficient (Wildman–Crippen LogP) is 2.62. The zero-order chi connectivity index (χ0) is 12.5. The molecule has 0 unspecified atom stereocenters. The number of nitrogens with one attached hydrogen (secondary N) is 1. The number of hydrogen-bond acceptors (Lipinski definition) is 2. The van der Waals surface area contributed by atoms with Crippen LogP contribution in [0.5, 0.6) is 0 Å². The van der Waals surface area contributed by atoms with Gasteiger partial charge in [-0.3, -0.25) is 4.79 Å². The van der Waals surface area contributed by atoms with Gasteiger partial charge in [0.05, 0.1) is 0 Å². The minimum Gasteiger partial charge on any atom is -0.350 e. The van der Waals surface area contributed by atoms with Crippen molar-refractivity contribution in [3.05, 3.63) is 34.1 Å². The molecule has 2 rings (SSSR count). The number of carbonyl (C=O) groups is 1. The molecule has 0 radical (unpaired) electrons. The van der Waals surface area contributed by atoms with Crippen LogP contribution in [0.2, 0.25) is 0 Å². The summed E-state index contributed by atoms with van der Waals surface area (Å²) in [5, 5.41) is 2.74. The van der Waals surface area contributed by atoms with Crippen molar-refractivity contribution in [1.29, 1.82) is 0 Å². The highest BCUT2D eigenvalue weighted by molar-refractivity contribution is 9.10. The Labute approximate surface area is 120 Å². The van der Waals surface area contributed by atoms with Crippen LogP contribution in [0.15, 0.2) is 22.7 Å². The number of carbonyl (C=O) groups excluding carboxylic acids is 1. The highest BCUT2D eigenvalue weighted by atomic mass is 79.9. The van der Waals surface area contributed by atoms with E-state index in [-0.39, 0.29) is 23.9 Å². The number of benzene rings is 1. The van der Waals surface area contributed by atoms with Gasteiger partial charge < -0.3 is 11.1 Å². The molecular weight excluding hydrogens is 323 g/mol. The van der Waals surface area contributed by atoms with Crippen molar-refractivity contribution in [2.45, 2.75) is 24.8 Å².